The van der Waals surface area contributed by atoms with Gasteiger partial charge >= 0.3 is 11.7 Å². The number of amides is 2. The van der Waals surface area contributed by atoms with Crippen LogP contribution in [0.25, 0.3) is 22.6 Å². The lowest BCUT2D eigenvalue weighted by molar-refractivity contribution is -0.385. The van der Waals surface area contributed by atoms with E-state index in [1.165, 1.54) is 37.4 Å². The summed E-state index contributed by atoms with van der Waals surface area (Å²) in [6, 6.07) is 13.7. The summed E-state index contributed by atoms with van der Waals surface area (Å²) in [7, 11) is 1.28. The molecule has 0 fully saturated rings. The lowest BCUT2D eigenvalue weighted by Gasteiger charge is -2.07. The highest BCUT2D eigenvalue weighted by molar-refractivity contribution is 8.12. The Bertz CT molecular complexity index is 1420. The van der Waals surface area contributed by atoms with Crippen molar-refractivity contribution < 1.29 is 28.1 Å². The Kier molecular flexibility index (Phi) is 6.41. The fraction of sp³-hybridized carbons (Fsp3) is 0.0455. The number of anilines is 1. The zero-order valence-corrected chi connectivity index (χ0v) is 18.2. The molecule has 2 amide bonds. The quantitative estimate of drug-likeness (QED) is 0.226. The van der Waals surface area contributed by atoms with Crippen LogP contribution in [-0.2, 0) is 0 Å². The molecule has 0 bridgehead atoms. The van der Waals surface area contributed by atoms with E-state index in [1.807, 2.05) is 0 Å². The highest BCUT2D eigenvalue weighted by Crippen LogP contribution is 2.29. The molecule has 0 unspecified atom stereocenters. The lowest BCUT2D eigenvalue weighted by Crippen LogP contribution is -2.24. The SMILES string of the molecule is COc1ccc(C(=O)SNC(=O)Nc2ccc3oc(-c4ccccc4F)nc3c2)cc1[N+](=O)[O-]. The van der Waals surface area contributed by atoms with Gasteiger partial charge < -0.3 is 14.5 Å². The van der Waals surface area contributed by atoms with Crippen molar-refractivity contribution in [3.8, 4) is 17.2 Å². The monoisotopic (exact) mass is 482 g/mol. The van der Waals surface area contributed by atoms with Crippen LogP contribution in [0.15, 0.2) is 65.1 Å². The minimum absolute atomic E-state index is 0.0126. The first-order valence-corrected chi connectivity index (χ1v) is 10.4. The first-order valence-electron chi connectivity index (χ1n) is 9.62. The van der Waals surface area contributed by atoms with Crippen LogP contribution in [0.2, 0.25) is 0 Å². The van der Waals surface area contributed by atoms with Crippen molar-refractivity contribution in [1.29, 1.82) is 0 Å². The Balaban J connectivity index is 1.41. The molecule has 1 aromatic heterocycles. The van der Waals surface area contributed by atoms with E-state index in [0.29, 0.717) is 28.7 Å². The van der Waals surface area contributed by atoms with Gasteiger partial charge in [0.15, 0.2) is 11.3 Å². The number of nitrogens with one attached hydrogen (secondary N) is 2. The number of hydrogen-bond donors (Lipinski definition) is 2. The van der Waals surface area contributed by atoms with Gasteiger partial charge in [0.2, 0.25) is 11.0 Å². The molecule has 12 heteroatoms. The van der Waals surface area contributed by atoms with Crippen LogP contribution in [0.3, 0.4) is 0 Å². The molecule has 0 aliphatic rings. The number of fused-ring (bicyclic) bond motifs is 1. The molecule has 0 aliphatic heterocycles. The van der Waals surface area contributed by atoms with Crippen molar-refractivity contribution in [2.24, 2.45) is 0 Å². The number of carbonyl (C=O) groups is 2. The van der Waals surface area contributed by atoms with Gasteiger partial charge in [-0.25, -0.2) is 14.2 Å². The molecule has 172 valence electrons. The van der Waals surface area contributed by atoms with E-state index in [9.17, 15) is 24.1 Å². The van der Waals surface area contributed by atoms with Crippen molar-refractivity contribution in [1.82, 2.24) is 9.71 Å². The molecular weight excluding hydrogens is 467 g/mol. The molecule has 2 N–H and O–H groups in total. The Morgan fingerprint density at radius 1 is 1.15 bits per heavy atom. The molecule has 34 heavy (non-hydrogen) atoms. The number of nitro benzene ring substituents is 1. The van der Waals surface area contributed by atoms with Gasteiger partial charge in [-0.2, -0.15) is 0 Å². The fourth-order valence-corrected chi connectivity index (χ4v) is 3.50. The number of carbonyl (C=O) groups excluding carboxylic acids is 2. The van der Waals surface area contributed by atoms with Crippen LogP contribution in [0.4, 0.5) is 20.6 Å². The van der Waals surface area contributed by atoms with E-state index in [4.69, 9.17) is 9.15 Å². The van der Waals surface area contributed by atoms with E-state index in [2.05, 4.69) is 15.0 Å². The van der Waals surface area contributed by atoms with Gasteiger partial charge in [0.25, 0.3) is 0 Å². The highest BCUT2D eigenvalue weighted by Gasteiger charge is 2.19. The molecule has 3 aromatic carbocycles. The van der Waals surface area contributed by atoms with E-state index >= 15 is 0 Å². The van der Waals surface area contributed by atoms with Crippen LogP contribution in [0.1, 0.15) is 10.4 Å². The van der Waals surface area contributed by atoms with Crippen LogP contribution in [0, 0.1) is 15.9 Å². The van der Waals surface area contributed by atoms with Gasteiger partial charge in [0.05, 0.1) is 17.6 Å². The van der Waals surface area contributed by atoms with E-state index in [0.717, 1.165) is 6.07 Å². The summed E-state index contributed by atoms with van der Waals surface area (Å²) in [5, 5.41) is 13.0. The first-order chi connectivity index (χ1) is 16.4. The van der Waals surface area contributed by atoms with E-state index in [-0.39, 0.29) is 28.5 Å². The topological polar surface area (TPSA) is 137 Å². The summed E-state index contributed by atoms with van der Waals surface area (Å²) in [5.74, 6) is -0.362. The molecule has 4 rings (SSSR count). The summed E-state index contributed by atoms with van der Waals surface area (Å²) < 4.78 is 26.8. The van der Waals surface area contributed by atoms with Crippen LogP contribution < -0.4 is 14.8 Å². The Morgan fingerprint density at radius 2 is 1.94 bits per heavy atom. The zero-order valence-electron chi connectivity index (χ0n) is 17.4. The second kappa shape index (κ2) is 9.58. The number of halogens is 1. The molecular formula is C22H15FN4O6S. The molecule has 1 heterocycles. The maximum atomic E-state index is 14.0. The molecule has 10 nitrogen and oxygen atoms in total. The summed E-state index contributed by atoms with van der Waals surface area (Å²) >= 11 is 0.457. The Morgan fingerprint density at radius 3 is 2.68 bits per heavy atom. The third-order valence-corrected chi connectivity index (χ3v) is 5.31. The molecule has 0 spiro atoms. The maximum Gasteiger partial charge on any atom is 0.329 e. The first kappa shape index (κ1) is 22.7. The number of oxazole rings is 1. The fourth-order valence-electron chi connectivity index (χ4n) is 3.02. The van der Waals surface area contributed by atoms with Crippen molar-refractivity contribution in [2.75, 3.05) is 12.4 Å². The number of aromatic nitrogens is 1. The van der Waals surface area contributed by atoms with Gasteiger partial charge in [-0.1, -0.05) is 12.1 Å². The number of nitrogens with zero attached hydrogens (tertiary/aromatic N) is 2. The van der Waals surface area contributed by atoms with Crippen LogP contribution >= 0.6 is 11.9 Å². The van der Waals surface area contributed by atoms with Crippen LogP contribution in [0.5, 0.6) is 5.75 Å². The van der Waals surface area contributed by atoms with Crippen molar-refractivity contribution in [3.63, 3.8) is 0 Å². The smallest absolute Gasteiger partial charge is 0.329 e. The highest BCUT2D eigenvalue weighted by atomic mass is 32.2. The minimum Gasteiger partial charge on any atom is -0.490 e. The summed E-state index contributed by atoms with van der Waals surface area (Å²) in [4.78, 5) is 39.2. The molecule has 0 saturated carbocycles. The predicted octanol–water partition coefficient (Wildman–Crippen LogP) is 5.16. The van der Waals surface area contributed by atoms with E-state index in [1.54, 1.807) is 24.3 Å². The van der Waals surface area contributed by atoms with Crippen molar-refractivity contribution in [3.05, 3.63) is 82.2 Å². The normalized spacial score (nSPS) is 10.6. The number of hydrogen-bond acceptors (Lipinski definition) is 8. The summed E-state index contributed by atoms with van der Waals surface area (Å²) in [5.41, 5.74) is 1.00. The van der Waals surface area contributed by atoms with Crippen molar-refractivity contribution >= 4 is 45.6 Å². The third-order valence-electron chi connectivity index (χ3n) is 4.60. The second-order valence-corrected chi connectivity index (χ2v) is 7.55. The molecule has 0 saturated heterocycles. The Labute approximate surface area is 195 Å². The van der Waals surface area contributed by atoms with Gasteiger partial charge in [0.1, 0.15) is 11.3 Å². The summed E-state index contributed by atoms with van der Waals surface area (Å²) in [6.07, 6.45) is 0. The number of nitro groups is 1. The number of benzene rings is 3. The predicted molar refractivity (Wildman–Crippen MR) is 123 cm³/mol. The van der Waals surface area contributed by atoms with Gasteiger partial charge in [-0.05, 0) is 42.5 Å². The maximum absolute atomic E-state index is 14.0. The van der Waals surface area contributed by atoms with Crippen molar-refractivity contribution in [2.45, 2.75) is 0 Å². The molecule has 0 radical (unpaired) electrons. The molecule has 4 aromatic rings. The molecule has 0 atom stereocenters. The van der Waals surface area contributed by atoms with E-state index < -0.39 is 21.9 Å². The second-order valence-electron chi connectivity index (χ2n) is 6.77. The average molecular weight is 482 g/mol. The lowest BCUT2D eigenvalue weighted by atomic mass is 10.2. The Hall–Kier alpha value is -4.45. The standard InChI is InChI=1S/C22H15FN4O6S/c1-32-19-8-6-12(10-17(19)27(30)31)21(28)34-26-22(29)24-13-7-9-18-16(11-13)25-20(33-18)14-4-2-3-5-15(14)23/h2-11H,1H3,(H2,24,26,29). The van der Waals surface area contributed by atoms with Gasteiger partial charge in [-0.3, -0.25) is 19.6 Å². The third kappa shape index (κ3) is 4.81. The zero-order chi connectivity index (χ0) is 24.2. The van der Waals surface area contributed by atoms with Gasteiger partial charge in [-0.15, -0.1) is 0 Å². The average Bonchev–Trinajstić information content (AvgIpc) is 3.25. The number of ether oxygens (including phenoxy) is 1. The molecule has 0 aliphatic carbocycles. The van der Waals surface area contributed by atoms with Gasteiger partial charge in [0, 0.05) is 29.3 Å². The largest absolute Gasteiger partial charge is 0.490 e. The number of rotatable bonds is 5. The minimum atomic E-state index is -0.710. The summed E-state index contributed by atoms with van der Waals surface area (Å²) in [6.45, 7) is 0. The number of urea groups is 1. The number of methoxy groups -OCH3 is 1. The van der Waals surface area contributed by atoms with Crippen LogP contribution in [-0.4, -0.2) is 28.2 Å².